The average Bonchev–Trinajstić information content (AvgIpc) is 2.54. The summed E-state index contributed by atoms with van der Waals surface area (Å²) in [6.45, 7) is 6.03. The molecular weight excluding hydrogens is 308 g/mol. The predicted octanol–water partition coefficient (Wildman–Crippen LogP) is 4.07. The summed E-state index contributed by atoms with van der Waals surface area (Å²) in [7, 11) is 1.77. The summed E-state index contributed by atoms with van der Waals surface area (Å²) in [6.07, 6.45) is 0. The van der Waals surface area contributed by atoms with Crippen LogP contribution in [0.1, 0.15) is 37.8 Å². The Kier molecular flexibility index (Phi) is 6.37. The molecule has 0 saturated heterocycles. The molecule has 23 heavy (non-hydrogen) atoms. The van der Waals surface area contributed by atoms with Crippen LogP contribution in [0.2, 0.25) is 0 Å². The van der Waals surface area contributed by atoms with Crippen LogP contribution in [0.3, 0.4) is 0 Å². The highest BCUT2D eigenvalue weighted by molar-refractivity contribution is 6.00. The van der Waals surface area contributed by atoms with Crippen LogP contribution in [0.25, 0.3) is 0 Å². The Balaban J connectivity index is 0.00000264. The first kappa shape index (κ1) is 19.2. The van der Waals surface area contributed by atoms with Crippen molar-refractivity contribution >= 4 is 24.0 Å². The number of hydrogen-bond donors (Lipinski definition) is 1. The van der Waals surface area contributed by atoms with Crippen LogP contribution < -0.4 is 10.6 Å². The van der Waals surface area contributed by atoms with Gasteiger partial charge in [0.2, 0.25) is 0 Å². The molecule has 124 valence electrons. The summed E-state index contributed by atoms with van der Waals surface area (Å²) >= 11 is 0. The zero-order valence-electron chi connectivity index (χ0n) is 14.1. The van der Waals surface area contributed by atoms with Gasteiger partial charge in [0.05, 0.1) is 0 Å². The van der Waals surface area contributed by atoms with Crippen LogP contribution in [-0.4, -0.2) is 13.0 Å². The number of halogens is 1. The van der Waals surface area contributed by atoms with E-state index in [1.54, 1.807) is 18.9 Å². The minimum absolute atomic E-state index is 0. The normalized spacial score (nSPS) is 13.1. The molecule has 1 unspecified atom stereocenters. The van der Waals surface area contributed by atoms with Gasteiger partial charge in [0, 0.05) is 12.7 Å². The van der Waals surface area contributed by atoms with E-state index in [-0.39, 0.29) is 18.3 Å². The molecule has 0 aliphatic heterocycles. The molecule has 0 aliphatic rings. The topological polar surface area (TPSA) is 46.3 Å². The molecule has 0 aromatic heterocycles. The van der Waals surface area contributed by atoms with Gasteiger partial charge in [-0.1, -0.05) is 56.3 Å². The molecule has 0 heterocycles. The number of carbonyl (C=O) groups is 1. The molecule has 3 nitrogen and oxygen atoms in total. The lowest BCUT2D eigenvalue weighted by Gasteiger charge is -2.30. The molecule has 2 N–H and O–H groups in total. The number of amides is 1. The second kappa shape index (κ2) is 7.62. The van der Waals surface area contributed by atoms with E-state index in [0.717, 1.165) is 11.3 Å². The second-order valence-electron chi connectivity index (χ2n) is 6.18. The Morgan fingerprint density at radius 3 is 2.26 bits per heavy atom. The first-order valence-corrected chi connectivity index (χ1v) is 7.56. The van der Waals surface area contributed by atoms with Gasteiger partial charge in [-0.3, -0.25) is 4.79 Å². The van der Waals surface area contributed by atoms with Gasteiger partial charge in [-0.05, 0) is 36.1 Å². The van der Waals surface area contributed by atoms with Crippen LogP contribution >= 0.6 is 12.4 Å². The highest BCUT2D eigenvalue weighted by Crippen LogP contribution is 2.25. The smallest absolute Gasteiger partial charge is 0.251 e. The number of nitrogens with two attached hydrogens (primary N) is 1. The van der Waals surface area contributed by atoms with Crippen LogP contribution in [0, 0.1) is 0 Å². The fraction of sp³-hybridized carbons (Fsp3) is 0.316. The molecule has 0 saturated carbocycles. The molecular formula is C19H25ClN2O. The van der Waals surface area contributed by atoms with Crippen molar-refractivity contribution in [1.82, 2.24) is 0 Å². The SMILES string of the molecule is CC(C)c1cccc(N(C)C(=O)C(C)(N)c2ccccc2)c1.Cl. The molecule has 1 atom stereocenters. The van der Waals surface area contributed by atoms with Gasteiger partial charge >= 0.3 is 0 Å². The van der Waals surface area contributed by atoms with Crippen LogP contribution in [0.5, 0.6) is 0 Å². The van der Waals surface area contributed by atoms with Gasteiger partial charge in [-0.2, -0.15) is 0 Å². The summed E-state index contributed by atoms with van der Waals surface area (Å²) in [6, 6.07) is 17.5. The van der Waals surface area contributed by atoms with Gasteiger partial charge in [-0.15, -0.1) is 12.4 Å². The van der Waals surface area contributed by atoms with Crippen molar-refractivity contribution in [1.29, 1.82) is 0 Å². The summed E-state index contributed by atoms with van der Waals surface area (Å²) in [5.41, 5.74) is 8.16. The summed E-state index contributed by atoms with van der Waals surface area (Å²) < 4.78 is 0. The van der Waals surface area contributed by atoms with E-state index < -0.39 is 5.54 Å². The quantitative estimate of drug-likeness (QED) is 0.917. The number of nitrogens with zero attached hydrogens (tertiary/aromatic N) is 1. The molecule has 1 amide bonds. The third-order valence-corrected chi connectivity index (χ3v) is 4.05. The van der Waals surface area contributed by atoms with Crippen molar-refractivity contribution in [3.8, 4) is 0 Å². The molecule has 0 aliphatic carbocycles. The minimum atomic E-state index is -1.05. The summed E-state index contributed by atoms with van der Waals surface area (Å²) in [4.78, 5) is 14.5. The fourth-order valence-electron chi connectivity index (χ4n) is 2.47. The lowest BCUT2D eigenvalue weighted by molar-refractivity contribution is -0.123. The minimum Gasteiger partial charge on any atom is -0.314 e. The molecule has 0 fully saturated rings. The predicted molar refractivity (Wildman–Crippen MR) is 99.2 cm³/mol. The molecule has 2 aromatic carbocycles. The summed E-state index contributed by atoms with van der Waals surface area (Å²) in [5, 5.41) is 0. The number of carbonyl (C=O) groups excluding carboxylic acids is 1. The second-order valence-corrected chi connectivity index (χ2v) is 6.18. The first-order valence-electron chi connectivity index (χ1n) is 7.56. The zero-order valence-corrected chi connectivity index (χ0v) is 14.9. The van der Waals surface area contributed by atoms with E-state index in [1.165, 1.54) is 5.56 Å². The van der Waals surface area contributed by atoms with E-state index in [0.29, 0.717) is 5.92 Å². The Bertz CT molecular complexity index is 653. The Hall–Kier alpha value is -1.84. The number of likely N-dealkylation sites (N-methyl/N-ethyl adjacent to an activating group) is 1. The maximum Gasteiger partial charge on any atom is 0.251 e. The van der Waals surface area contributed by atoms with E-state index >= 15 is 0 Å². The van der Waals surface area contributed by atoms with Gasteiger partial charge in [0.1, 0.15) is 5.54 Å². The first-order chi connectivity index (χ1) is 10.3. The van der Waals surface area contributed by atoms with E-state index in [1.807, 2.05) is 48.5 Å². The number of anilines is 1. The van der Waals surface area contributed by atoms with Crippen molar-refractivity contribution in [3.05, 3.63) is 65.7 Å². The molecule has 0 bridgehead atoms. The Morgan fingerprint density at radius 2 is 1.70 bits per heavy atom. The number of rotatable bonds is 4. The summed E-state index contributed by atoms with van der Waals surface area (Å²) in [5.74, 6) is 0.293. The van der Waals surface area contributed by atoms with Crippen molar-refractivity contribution in [2.75, 3.05) is 11.9 Å². The largest absolute Gasteiger partial charge is 0.314 e. The molecule has 0 spiro atoms. The lowest BCUT2D eigenvalue weighted by Crippen LogP contribution is -2.49. The molecule has 0 radical (unpaired) electrons. The maximum atomic E-state index is 12.8. The van der Waals surface area contributed by atoms with E-state index in [9.17, 15) is 4.79 Å². The lowest BCUT2D eigenvalue weighted by atomic mass is 9.91. The number of benzene rings is 2. The third kappa shape index (κ3) is 4.12. The molecule has 4 heteroatoms. The maximum absolute atomic E-state index is 12.8. The van der Waals surface area contributed by atoms with Gasteiger partial charge in [0.25, 0.3) is 5.91 Å². The average molecular weight is 333 g/mol. The molecule has 2 rings (SSSR count). The van der Waals surface area contributed by atoms with Crippen LogP contribution in [0.4, 0.5) is 5.69 Å². The Labute approximate surface area is 144 Å². The Morgan fingerprint density at radius 1 is 1.09 bits per heavy atom. The van der Waals surface area contributed by atoms with Crippen molar-refractivity contribution in [2.45, 2.75) is 32.2 Å². The van der Waals surface area contributed by atoms with Crippen molar-refractivity contribution in [3.63, 3.8) is 0 Å². The van der Waals surface area contributed by atoms with Crippen LogP contribution in [-0.2, 0) is 10.3 Å². The fourth-order valence-corrected chi connectivity index (χ4v) is 2.47. The van der Waals surface area contributed by atoms with Crippen molar-refractivity contribution in [2.24, 2.45) is 5.73 Å². The van der Waals surface area contributed by atoms with Crippen molar-refractivity contribution < 1.29 is 4.79 Å². The van der Waals surface area contributed by atoms with Gasteiger partial charge in [-0.25, -0.2) is 0 Å². The van der Waals surface area contributed by atoms with Gasteiger partial charge < -0.3 is 10.6 Å². The molecule has 2 aromatic rings. The highest BCUT2D eigenvalue weighted by atomic mass is 35.5. The van der Waals surface area contributed by atoms with Gasteiger partial charge in [0.15, 0.2) is 0 Å². The standard InChI is InChI=1S/C19H24N2O.ClH/c1-14(2)15-9-8-12-17(13-15)21(4)18(22)19(3,20)16-10-6-5-7-11-16;/h5-14H,20H2,1-4H3;1H. The third-order valence-electron chi connectivity index (χ3n) is 4.05. The monoisotopic (exact) mass is 332 g/mol. The number of hydrogen-bond acceptors (Lipinski definition) is 2. The highest BCUT2D eigenvalue weighted by Gasteiger charge is 2.33. The van der Waals surface area contributed by atoms with Crippen LogP contribution in [0.15, 0.2) is 54.6 Å². The van der Waals surface area contributed by atoms with E-state index in [2.05, 4.69) is 19.9 Å². The van der Waals surface area contributed by atoms with E-state index in [4.69, 9.17) is 5.73 Å². The zero-order chi connectivity index (χ0) is 16.3.